The predicted molar refractivity (Wildman–Crippen MR) is 68.5 cm³/mol. The smallest absolute Gasteiger partial charge is 0.215 e. The Balaban J connectivity index is 1.59. The molecular weight excluding hydrogens is 226 g/mol. The monoisotopic (exact) mass is 241 g/mol. The molecule has 0 spiro atoms. The molecule has 2 aromatic rings. The van der Waals surface area contributed by atoms with Crippen LogP contribution in [-0.4, -0.2) is 28.7 Å². The Hall–Kier alpha value is -1.68. The van der Waals surface area contributed by atoms with Gasteiger partial charge in [-0.2, -0.15) is 4.98 Å². The largest absolute Gasteiger partial charge is 0.473 e. The van der Waals surface area contributed by atoms with Crippen molar-refractivity contribution in [2.45, 2.75) is 25.0 Å². The lowest BCUT2D eigenvalue weighted by Crippen LogP contribution is -2.40. The molecule has 1 aliphatic heterocycles. The number of nitrogens with zero attached hydrogens (tertiary/aromatic N) is 2. The second-order valence-electron chi connectivity index (χ2n) is 5.21. The maximum atomic E-state index is 6.00. The lowest BCUT2D eigenvalue weighted by atomic mass is 10.1. The summed E-state index contributed by atoms with van der Waals surface area (Å²) < 4.78 is 6.00. The summed E-state index contributed by atoms with van der Waals surface area (Å²) in [6.07, 6.45) is 4.44. The predicted octanol–water partition coefficient (Wildman–Crippen LogP) is 1.76. The molecule has 3 heterocycles. The highest BCUT2D eigenvalue weighted by molar-refractivity contribution is 5.74. The van der Waals surface area contributed by atoms with Crippen molar-refractivity contribution in [3.63, 3.8) is 0 Å². The van der Waals surface area contributed by atoms with Gasteiger partial charge in [0.1, 0.15) is 6.10 Å². The van der Waals surface area contributed by atoms with Gasteiger partial charge < -0.3 is 10.1 Å². The number of fused-ring (bicyclic) bond motifs is 3. The fraction of sp³-hybridized carbons (Fsp3) is 0.429. The summed E-state index contributed by atoms with van der Waals surface area (Å²) in [6.45, 7) is 1.15. The Bertz CT molecular complexity index is 586. The molecule has 1 N–H and O–H groups in total. The average molecular weight is 241 g/mol. The van der Waals surface area contributed by atoms with Crippen molar-refractivity contribution in [1.29, 1.82) is 0 Å². The summed E-state index contributed by atoms with van der Waals surface area (Å²) in [6, 6.07) is 8.40. The van der Waals surface area contributed by atoms with E-state index in [1.807, 2.05) is 24.3 Å². The molecule has 92 valence electrons. The minimum absolute atomic E-state index is 0.275. The van der Waals surface area contributed by atoms with Crippen LogP contribution in [0, 0.1) is 5.92 Å². The maximum Gasteiger partial charge on any atom is 0.215 e. The normalized spacial score (nSPS) is 29.9. The average Bonchev–Trinajstić information content (AvgIpc) is 3.01. The third-order valence-electron chi connectivity index (χ3n) is 3.98. The van der Waals surface area contributed by atoms with Gasteiger partial charge in [-0.1, -0.05) is 0 Å². The van der Waals surface area contributed by atoms with E-state index in [4.69, 9.17) is 4.74 Å². The van der Waals surface area contributed by atoms with Crippen LogP contribution in [0.1, 0.15) is 12.8 Å². The molecule has 0 unspecified atom stereocenters. The van der Waals surface area contributed by atoms with Gasteiger partial charge in [-0.15, -0.1) is 0 Å². The van der Waals surface area contributed by atoms with Gasteiger partial charge in [-0.25, -0.2) is 4.98 Å². The topological polar surface area (TPSA) is 47.0 Å². The van der Waals surface area contributed by atoms with Gasteiger partial charge in [0.2, 0.25) is 5.88 Å². The van der Waals surface area contributed by atoms with Crippen LogP contribution in [-0.2, 0) is 0 Å². The van der Waals surface area contributed by atoms with Gasteiger partial charge in [0.15, 0.2) is 5.65 Å². The van der Waals surface area contributed by atoms with Crippen molar-refractivity contribution in [2.24, 2.45) is 5.92 Å². The molecule has 1 aliphatic carbocycles. The van der Waals surface area contributed by atoms with E-state index in [1.165, 1.54) is 6.42 Å². The summed E-state index contributed by atoms with van der Waals surface area (Å²) >= 11 is 0. The first kappa shape index (κ1) is 10.3. The van der Waals surface area contributed by atoms with E-state index in [9.17, 15) is 0 Å². The van der Waals surface area contributed by atoms with Gasteiger partial charge in [0.05, 0.1) is 0 Å². The number of hydrogen-bond donors (Lipinski definition) is 1. The zero-order valence-corrected chi connectivity index (χ0v) is 10.0. The molecule has 3 atom stereocenters. The highest BCUT2D eigenvalue weighted by atomic mass is 16.5. The Morgan fingerprint density at radius 1 is 1.22 bits per heavy atom. The van der Waals surface area contributed by atoms with Gasteiger partial charge in [0.25, 0.3) is 0 Å². The lowest BCUT2D eigenvalue weighted by molar-refractivity contribution is 0.152. The molecule has 2 fully saturated rings. The first-order valence-corrected chi connectivity index (χ1v) is 6.50. The highest BCUT2D eigenvalue weighted by Gasteiger charge is 2.40. The van der Waals surface area contributed by atoms with Crippen LogP contribution in [0.4, 0.5) is 0 Å². The van der Waals surface area contributed by atoms with Crippen molar-refractivity contribution in [1.82, 2.24) is 15.3 Å². The van der Waals surface area contributed by atoms with Gasteiger partial charge in [-0.05, 0) is 43.5 Å². The molecule has 4 rings (SSSR count). The molecule has 0 aromatic carbocycles. The van der Waals surface area contributed by atoms with Crippen LogP contribution in [0.5, 0.6) is 5.88 Å². The van der Waals surface area contributed by atoms with Crippen LogP contribution < -0.4 is 10.1 Å². The Morgan fingerprint density at radius 2 is 2.22 bits per heavy atom. The van der Waals surface area contributed by atoms with E-state index in [-0.39, 0.29) is 6.10 Å². The van der Waals surface area contributed by atoms with E-state index in [2.05, 4.69) is 15.3 Å². The molecule has 18 heavy (non-hydrogen) atoms. The zero-order chi connectivity index (χ0) is 11.9. The Kier molecular flexibility index (Phi) is 2.23. The molecule has 4 nitrogen and oxygen atoms in total. The van der Waals surface area contributed by atoms with Crippen molar-refractivity contribution >= 4 is 11.0 Å². The van der Waals surface area contributed by atoms with Crippen molar-refractivity contribution < 1.29 is 4.74 Å². The quantitative estimate of drug-likeness (QED) is 0.870. The third-order valence-corrected chi connectivity index (χ3v) is 3.98. The highest BCUT2D eigenvalue weighted by Crippen LogP contribution is 2.33. The van der Waals surface area contributed by atoms with Crippen LogP contribution >= 0.6 is 0 Å². The van der Waals surface area contributed by atoms with Crippen molar-refractivity contribution in [2.75, 3.05) is 6.54 Å². The number of aromatic nitrogens is 2. The molecule has 1 saturated carbocycles. The minimum atomic E-state index is 0.275. The third kappa shape index (κ3) is 1.64. The number of rotatable bonds is 2. The van der Waals surface area contributed by atoms with Gasteiger partial charge >= 0.3 is 0 Å². The van der Waals surface area contributed by atoms with Crippen LogP contribution in [0.15, 0.2) is 30.5 Å². The van der Waals surface area contributed by atoms with Crippen molar-refractivity contribution in [3.8, 4) is 5.88 Å². The summed E-state index contributed by atoms with van der Waals surface area (Å²) in [5.41, 5.74) is 0.756. The van der Waals surface area contributed by atoms with Gasteiger partial charge in [0, 0.05) is 23.7 Å². The first-order chi connectivity index (χ1) is 8.88. The fourth-order valence-electron chi connectivity index (χ4n) is 3.09. The SMILES string of the molecule is c1cnc2nc(O[C@@H]3C[C@@H]4CN[C@H]3C4)ccc2c1. The van der Waals surface area contributed by atoms with Crippen LogP contribution in [0.2, 0.25) is 0 Å². The second-order valence-corrected chi connectivity index (χ2v) is 5.21. The molecule has 0 amide bonds. The van der Waals surface area contributed by atoms with Gasteiger partial charge in [-0.3, -0.25) is 0 Å². The standard InChI is InChI=1S/C14H15N3O/c1-2-10-3-4-13(17-14(10)15-5-1)18-12-7-9-6-11(12)16-8-9/h1-5,9,11-12,16H,6-8H2/t9-,11+,12-/m1/s1. The van der Waals surface area contributed by atoms with Crippen LogP contribution in [0.3, 0.4) is 0 Å². The summed E-state index contributed by atoms with van der Waals surface area (Å²) in [5.74, 6) is 1.49. The number of pyridine rings is 2. The molecular formula is C14H15N3O. The minimum Gasteiger partial charge on any atom is -0.473 e. The first-order valence-electron chi connectivity index (χ1n) is 6.50. The summed E-state index contributed by atoms with van der Waals surface area (Å²) in [4.78, 5) is 8.72. The number of piperidine rings is 1. The molecule has 2 bridgehead atoms. The van der Waals surface area contributed by atoms with E-state index in [1.54, 1.807) is 6.20 Å². The lowest BCUT2D eigenvalue weighted by Gasteiger charge is -2.23. The molecule has 1 saturated heterocycles. The maximum absolute atomic E-state index is 6.00. The van der Waals surface area contributed by atoms with Crippen LogP contribution in [0.25, 0.3) is 11.0 Å². The van der Waals surface area contributed by atoms with E-state index in [0.29, 0.717) is 11.9 Å². The second kappa shape index (κ2) is 3.92. The number of ether oxygens (including phenoxy) is 1. The molecule has 2 aromatic heterocycles. The fourth-order valence-corrected chi connectivity index (χ4v) is 3.09. The summed E-state index contributed by atoms with van der Waals surface area (Å²) in [5, 5.41) is 4.55. The molecule has 0 radical (unpaired) electrons. The van der Waals surface area contributed by atoms with E-state index in [0.717, 1.165) is 29.9 Å². The summed E-state index contributed by atoms with van der Waals surface area (Å²) in [7, 11) is 0. The Labute approximate surface area is 105 Å². The molecule has 4 heteroatoms. The van der Waals surface area contributed by atoms with E-state index < -0.39 is 0 Å². The Morgan fingerprint density at radius 3 is 3.06 bits per heavy atom. The van der Waals surface area contributed by atoms with Crippen molar-refractivity contribution in [3.05, 3.63) is 30.5 Å². The number of nitrogens with one attached hydrogen (secondary N) is 1. The zero-order valence-electron chi connectivity index (χ0n) is 10.0. The molecule has 2 aliphatic rings. The number of hydrogen-bond acceptors (Lipinski definition) is 4. The van der Waals surface area contributed by atoms with E-state index >= 15 is 0 Å².